The molecule has 0 saturated carbocycles. The van der Waals surface area contributed by atoms with Crippen molar-refractivity contribution in [3.8, 4) is 0 Å². The molecule has 0 rings (SSSR count). The number of halogens is 2. The van der Waals surface area contributed by atoms with Crippen LogP contribution in [0.3, 0.4) is 0 Å². The first-order chi connectivity index (χ1) is 11.9. The molecule has 9 nitrogen and oxygen atoms in total. The topological polar surface area (TPSA) is 116 Å². The highest BCUT2D eigenvalue weighted by Crippen LogP contribution is 2.24. The van der Waals surface area contributed by atoms with Gasteiger partial charge in [-0.3, -0.25) is 0 Å². The van der Waals surface area contributed by atoms with Gasteiger partial charge in [0.15, 0.2) is 9.84 Å². The molecule has 0 radical (unpaired) electrons. The smallest absolute Gasteiger partial charge is 0.379 e. The summed E-state index contributed by atoms with van der Waals surface area (Å²) in [6.45, 7) is 8.15. The summed E-state index contributed by atoms with van der Waals surface area (Å²) >= 11 is 11.3. The van der Waals surface area contributed by atoms with Crippen molar-refractivity contribution < 1.29 is 35.3 Å². The fourth-order valence-corrected chi connectivity index (χ4v) is 2.92. The van der Waals surface area contributed by atoms with Gasteiger partial charge in [0.1, 0.15) is 0 Å². The van der Waals surface area contributed by atoms with Crippen LogP contribution >= 0.6 is 23.6 Å². The maximum atomic E-state index is 11.9. The van der Waals surface area contributed by atoms with Crippen molar-refractivity contribution in [2.24, 2.45) is 0 Å². The molecular weight excluding hydrogens is 433 g/mol. The maximum absolute atomic E-state index is 11.9. The predicted molar refractivity (Wildman–Crippen MR) is 98.7 cm³/mol. The van der Waals surface area contributed by atoms with Crippen LogP contribution < -0.4 is 0 Å². The van der Waals surface area contributed by atoms with Gasteiger partial charge in [-0.15, -0.1) is 16.6 Å². The molecule has 0 saturated heterocycles. The molecular formula is C13H27Cl2NO8S2. The van der Waals surface area contributed by atoms with Gasteiger partial charge < -0.3 is 14.2 Å². The van der Waals surface area contributed by atoms with E-state index >= 15 is 0 Å². The van der Waals surface area contributed by atoms with E-state index in [1.54, 1.807) is 13.8 Å². The number of hydrogen-bond acceptors (Lipinski definition) is 9. The van der Waals surface area contributed by atoms with Gasteiger partial charge in [-0.05, 0) is 50.7 Å². The van der Waals surface area contributed by atoms with Gasteiger partial charge in [0, 0.05) is 12.1 Å². The Bertz CT molecular complexity index is 545. The highest BCUT2D eigenvalue weighted by Gasteiger charge is 2.26. The van der Waals surface area contributed by atoms with Gasteiger partial charge in [0.2, 0.25) is 0 Å². The molecule has 158 valence electrons. The number of nitrogens with zero attached hydrogens (tertiary/aromatic N) is 1. The molecule has 0 atom stereocenters. The van der Waals surface area contributed by atoms with Gasteiger partial charge in [-0.2, -0.15) is 0 Å². The maximum Gasteiger partial charge on any atom is 0.425 e. The third-order valence-electron chi connectivity index (χ3n) is 2.97. The minimum atomic E-state index is -3.18. The van der Waals surface area contributed by atoms with E-state index in [1.807, 2.05) is 6.92 Å². The van der Waals surface area contributed by atoms with Gasteiger partial charge in [0.25, 0.3) is 0 Å². The number of rotatable bonds is 14. The van der Waals surface area contributed by atoms with Crippen LogP contribution in [0.5, 0.6) is 0 Å². The van der Waals surface area contributed by atoms with E-state index in [9.17, 15) is 8.42 Å². The molecule has 0 fully saturated rings. The van der Waals surface area contributed by atoms with Crippen LogP contribution in [0.25, 0.3) is 0 Å². The molecule has 0 N–H and O–H groups in total. The molecule has 0 amide bonds. The normalized spacial score (nSPS) is 11.9. The summed E-state index contributed by atoms with van der Waals surface area (Å²) in [4.78, 5) is 0. The zero-order chi connectivity index (χ0) is 20.6. The van der Waals surface area contributed by atoms with Crippen molar-refractivity contribution in [3.63, 3.8) is 0 Å². The second-order valence-electron chi connectivity index (χ2n) is 5.57. The monoisotopic (exact) mass is 459 g/mol. The van der Waals surface area contributed by atoms with Gasteiger partial charge >= 0.3 is 10.6 Å². The number of ether oxygens (including phenoxy) is 3. The van der Waals surface area contributed by atoms with Crippen LogP contribution in [0.1, 0.15) is 27.2 Å². The Balaban J connectivity index is 0. The fraction of sp³-hybridized carbons (Fsp3) is 1.00. The first-order valence-corrected chi connectivity index (χ1v) is 11.3. The molecule has 0 aliphatic rings. The van der Waals surface area contributed by atoms with Crippen molar-refractivity contribution in [3.05, 3.63) is 0 Å². The number of sulfone groups is 1. The van der Waals surface area contributed by atoms with E-state index in [0.717, 1.165) is 3.94 Å². The van der Waals surface area contributed by atoms with Crippen LogP contribution in [0.4, 0.5) is 0 Å². The molecule has 0 aliphatic heterocycles. The summed E-state index contributed by atoms with van der Waals surface area (Å²) < 4.78 is 65.7. The zero-order valence-electron chi connectivity index (χ0n) is 15.1. The summed E-state index contributed by atoms with van der Waals surface area (Å²) in [6, 6.07) is 0. The average molecular weight is 460 g/mol. The van der Waals surface area contributed by atoms with Crippen LogP contribution in [-0.2, 0) is 34.7 Å². The molecule has 0 heterocycles. The van der Waals surface area contributed by atoms with Crippen molar-refractivity contribution in [1.82, 2.24) is 3.94 Å². The van der Waals surface area contributed by atoms with Gasteiger partial charge in [-0.1, -0.05) is 0 Å². The summed E-state index contributed by atoms with van der Waals surface area (Å²) in [7, 11) is -6.29. The molecule has 0 bridgehead atoms. The Kier molecular flexibility index (Phi) is 17.3. The summed E-state index contributed by atoms with van der Waals surface area (Å²) in [6.07, 6.45) is 0.350. The Morgan fingerprint density at radius 2 is 1.31 bits per heavy atom. The summed E-state index contributed by atoms with van der Waals surface area (Å²) in [5, 5.41) is 0. The summed E-state index contributed by atoms with van der Waals surface area (Å²) in [5.74, 6) is -0.00322. The van der Waals surface area contributed by atoms with Crippen LogP contribution in [0.2, 0.25) is 0 Å². The fourth-order valence-electron chi connectivity index (χ4n) is 1.36. The van der Waals surface area contributed by atoms with E-state index in [1.165, 1.54) is 0 Å². The number of hydrogen-bond donors (Lipinski definition) is 0. The van der Waals surface area contributed by atoms with E-state index in [2.05, 4.69) is 0 Å². The molecule has 0 aromatic heterocycles. The third kappa shape index (κ3) is 20.3. The predicted octanol–water partition coefficient (Wildman–Crippen LogP) is 1.25. The lowest BCUT2D eigenvalue weighted by Crippen LogP contribution is -2.34. The SMILES string of the molecule is CCOCCOCCOCCS(=O)(=O)CCC(C)(C)N(Cl)Cl.O=S(=O)=O. The van der Waals surface area contributed by atoms with Crippen molar-refractivity contribution >= 4 is 44.0 Å². The zero-order valence-corrected chi connectivity index (χ0v) is 18.3. The Morgan fingerprint density at radius 1 is 0.885 bits per heavy atom. The van der Waals surface area contributed by atoms with Crippen molar-refractivity contribution in [1.29, 1.82) is 0 Å². The largest absolute Gasteiger partial charge is 0.425 e. The minimum absolute atomic E-state index is 0.0180. The molecule has 13 heteroatoms. The van der Waals surface area contributed by atoms with Crippen molar-refractivity contribution in [2.45, 2.75) is 32.7 Å². The highest BCUT2D eigenvalue weighted by atomic mass is 35.5. The third-order valence-corrected chi connectivity index (χ3v) is 5.50. The van der Waals surface area contributed by atoms with Crippen LogP contribution in [0, 0.1) is 0 Å². The lowest BCUT2D eigenvalue weighted by atomic mass is 10.0. The minimum Gasteiger partial charge on any atom is -0.379 e. The van der Waals surface area contributed by atoms with E-state index in [-0.39, 0.29) is 18.1 Å². The van der Waals surface area contributed by atoms with Crippen LogP contribution in [0.15, 0.2) is 0 Å². The Labute approximate surface area is 167 Å². The van der Waals surface area contributed by atoms with E-state index in [0.29, 0.717) is 39.5 Å². The standard InChI is InChI=1S/C13H27Cl2NO5S.O3S/c1-4-19-6-7-20-8-9-21-10-12-22(17,18)11-5-13(2,3)16(14)15;1-4(2)3/h4-12H2,1-3H3;. The summed E-state index contributed by atoms with van der Waals surface area (Å²) in [5.41, 5.74) is -0.592. The molecule has 0 aromatic rings. The highest BCUT2D eigenvalue weighted by molar-refractivity contribution is 7.91. The first-order valence-electron chi connectivity index (χ1n) is 7.77. The van der Waals surface area contributed by atoms with E-state index < -0.39 is 26.0 Å². The second kappa shape index (κ2) is 16.0. The van der Waals surface area contributed by atoms with Gasteiger partial charge in [-0.25, -0.2) is 8.42 Å². The Hall–Kier alpha value is -0.0100. The first kappa shape index (κ1) is 28.2. The molecule has 0 unspecified atom stereocenters. The molecule has 26 heavy (non-hydrogen) atoms. The molecule has 0 aliphatic carbocycles. The lowest BCUT2D eigenvalue weighted by Gasteiger charge is -2.27. The second-order valence-corrected chi connectivity index (χ2v) is 9.13. The Morgan fingerprint density at radius 3 is 1.73 bits per heavy atom. The molecule has 0 spiro atoms. The average Bonchev–Trinajstić information content (AvgIpc) is 2.51. The van der Waals surface area contributed by atoms with E-state index in [4.69, 9.17) is 50.4 Å². The van der Waals surface area contributed by atoms with Gasteiger partial charge in [0.05, 0.1) is 44.5 Å². The van der Waals surface area contributed by atoms with Crippen LogP contribution in [-0.4, -0.2) is 81.7 Å². The lowest BCUT2D eigenvalue weighted by molar-refractivity contribution is 0.0198. The quantitative estimate of drug-likeness (QED) is 0.279. The van der Waals surface area contributed by atoms with Crippen molar-refractivity contribution in [2.75, 3.05) is 51.1 Å². The molecule has 0 aromatic carbocycles.